The first kappa shape index (κ1) is 13.4. The van der Waals surface area contributed by atoms with Crippen molar-refractivity contribution in [2.75, 3.05) is 0 Å². The van der Waals surface area contributed by atoms with E-state index in [4.69, 9.17) is 11.6 Å². The van der Waals surface area contributed by atoms with Gasteiger partial charge < -0.3 is 0 Å². The highest BCUT2D eigenvalue weighted by molar-refractivity contribution is 6.67. The summed E-state index contributed by atoms with van der Waals surface area (Å²) in [6.45, 7) is 1.91. The minimum Gasteiger partial charge on any atom is -0.276 e. The summed E-state index contributed by atoms with van der Waals surface area (Å²) in [5, 5.41) is -0.413. The summed E-state index contributed by atoms with van der Waals surface area (Å²) in [6.07, 6.45) is 8.19. The van der Waals surface area contributed by atoms with Crippen LogP contribution in [0.5, 0.6) is 0 Å². The van der Waals surface area contributed by atoms with Crippen LogP contribution >= 0.6 is 11.6 Å². The Bertz CT molecular complexity index is 439. The molecule has 0 heterocycles. The smallest absolute Gasteiger partial charge is 0.245 e. The molecule has 0 aromatic heterocycles. The SMILES string of the molecule is C/C(=C/C(=O)Cl)c1ccc(C2CCCCC2)cc1. The third kappa shape index (κ3) is 3.46. The van der Waals surface area contributed by atoms with Crippen LogP contribution < -0.4 is 0 Å². The standard InChI is InChI=1S/C16H19ClO/c1-12(11-16(17)18)13-7-9-15(10-8-13)14-5-3-2-4-6-14/h7-11,14H,2-6H2,1H3/b12-11-. The summed E-state index contributed by atoms with van der Waals surface area (Å²) in [5.74, 6) is 0.728. The Morgan fingerprint density at radius 1 is 1.17 bits per heavy atom. The molecule has 1 saturated carbocycles. The number of rotatable bonds is 3. The molecule has 18 heavy (non-hydrogen) atoms. The second-order valence-corrected chi connectivity index (χ2v) is 5.46. The molecular weight excluding hydrogens is 244 g/mol. The number of benzene rings is 1. The Morgan fingerprint density at radius 3 is 2.33 bits per heavy atom. The Labute approximate surface area is 114 Å². The molecule has 0 atom stereocenters. The highest BCUT2D eigenvalue weighted by Crippen LogP contribution is 2.33. The van der Waals surface area contributed by atoms with Gasteiger partial charge in [0, 0.05) is 6.08 Å². The molecule has 2 heteroatoms. The van der Waals surface area contributed by atoms with E-state index in [1.54, 1.807) is 0 Å². The molecule has 1 nitrogen and oxygen atoms in total. The number of carbonyl (C=O) groups is 1. The van der Waals surface area contributed by atoms with Crippen LogP contribution in [-0.4, -0.2) is 5.24 Å². The van der Waals surface area contributed by atoms with E-state index < -0.39 is 5.24 Å². The summed E-state index contributed by atoms with van der Waals surface area (Å²) in [4.78, 5) is 10.8. The fraction of sp³-hybridized carbons (Fsp3) is 0.438. The van der Waals surface area contributed by atoms with Crippen LogP contribution in [0.1, 0.15) is 56.1 Å². The van der Waals surface area contributed by atoms with E-state index in [1.807, 2.05) is 6.92 Å². The zero-order valence-electron chi connectivity index (χ0n) is 10.8. The Kier molecular flexibility index (Phi) is 4.60. The van der Waals surface area contributed by atoms with Crippen molar-refractivity contribution in [2.45, 2.75) is 44.9 Å². The van der Waals surface area contributed by atoms with Crippen LogP contribution in [-0.2, 0) is 4.79 Å². The largest absolute Gasteiger partial charge is 0.276 e. The Hall–Kier alpha value is -1.08. The van der Waals surface area contributed by atoms with E-state index in [1.165, 1.54) is 43.7 Å². The fourth-order valence-corrected chi connectivity index (χ4v) is 2.87. The molecule has 0 spiro atoms. The number of carbonyl (C=O) groups excluding carboxylic acids is 1. The topological polar surface area (TPSA) is 17.1 Å². The van der Waals surface area contributed by atoms with Gasteiger partial charge in [-0.25, -0.2) is 0 Å². The van der Waals surface area contributed by atoms with Crippen LogP contribution in [0.3, 0.4) is 0 Å². The molecule has 2 rings (SSSR count). The second-order valence-electron chi connectivity index (χ2n) is 5.09. The summed E-state index contributed by atoms with van der Waals surface area (Å²) in [7, 11) is 0. The third-order valence-electron chi connectivity index (χ3n) is 3.77. The average molecular weight is 263 g/mol. The molecule has 0 aliphatic heterocycles. The molecular formula is C16H19ClO. The first-order chi connectivity index (χ1) is 8.66. The lowest BCUT2D eigenvalue weighted by Crippen LogP contribution is -2.04. The zero-order chi connectivity index (χ0) is 13.0. The van der Waals surface area contributed by atoms with Crippen LogP contribution in [0.2, 0.25) is 0 Å². The van der Waals surface area contributed by atoms with Crippen molar-refractivity contribution in [3.63, 3.8) is 0 Å². The number of halogens is 1. The number of hydrogen-bond donors (Lipinski definition) is 0. The van der Waals surface area contributed by atoms with Crippen LogP contribution in [0, 0.1) is 0 Å². The van der Waals surface area contributed by atoms with E-state index in [-0.39, 0.29) is 0 Å². The molecule has 1 fully saturated rings. The van der Waals surface area contributed by atoms with Gasteiger partial charge in [0.1, 0.15) is 0 Å². The van der Waals surface area contributed by atoms with Crippen molar-refractivity contribution < 1.29 is 4.79 Å². The summed E-state index contributed by atoms with van der Waals surface area (Å²) in [5.41, 5.74) is 3.43. The first-order valence-corrected chi connectivity index (χ1v) is 7.02. The average Bonchev–Trinajstić information content (AvgIpc) is 2.39. The number of allylic oxidation sites excluding steroid dienone is 2. The molecule has 1 aromatic rings. The van der Waals surface area contributed by atoms with E-state index in [2.05, 4.69) is 24.3 Å². The van der Waals surface area contributed by atoms with Crippen molar-refractivity contribution in [1.29, 1.82) is 0 Å². The van der Waals surface area contributed by atoms with Gasteiger partial charge in [-0.3, -0.25) is 4.79 Å². The zero-order valence-corrected chi connectivity index (χ0v) is 11.5. The van der Waals surface area contributed by atoms with Crippen molar-refractivity contribution >= 4 is 22.4 Å². The third-order valence-corrected chi connectivity index (χ3v) is 3.88. The van der Waals surface area contributed by atoms with Crippen molar-refractivity contribution in [1.82, 2.24) is 0 Å². The lowest BCUT2D eigenvalue weighted by atomic mass is 9.84. The van der Waals surface area contributed by atoms with Crippen molar-refractivity contribution in [3.05, 3.63) is 41.5 Å². The van der Waals surface area contributed by atoms with Gasteiger partial charge in [0.2, 0.25) is 5.24 Å². The van der Waals surface area contributed by atoms with Gasteiger partial charge in [-0.1, -0.05) is 43.5 Å². The maximum Gasteiger partial charge on any atom is 0.245 e. The maximum absolute atomic E-state index is 10.8. The molecule has 0 bridgehead atoms. The molecule has 1 aliphatic carbocycles. The molecule has 0 unspecified atom stereocenters. The summed E-state index contributed by atoms with van der Waals surface area (Å²) < 4.78 is 0. The van der Waals surface area contributed by atoms with Gasteiger partial charge in [-0.05, 0) is 54.0 Å². The molecule has 0 radical (unpaired) electrons. The first-order valence-electron chi connectivity index (χ1n) is 6.65. The molecule has 1 aliphatic rings. The van der Waals surface area contributed by atoms with Gasteiger partial charge in [0.15, 0.2) is 0 Å². The van der Waals surface area contributed by atoms with E-state index >= 15 is 0 Å². The molecule has 1 aromatic carbocycles. The highest BCUT2D eigenvalue weighted by Gasteiger charge is 2.15. The molecule has 0 amide bonds. The monoisotopic (exact) mass is 262 g/mol. The van der Waals surface area contributed by atoms with E-state index in [9.17, 15) is 4.79 Å². The van der Waals surface area contributed by atoms with Gasteiger partial charge in [-0.2, -0.15) is 0 Å². The molecule has 0 N–H and O–H groups in total. The Balaban J connectivity index is 2.12. The minimum atomic E-state index is -0.413. The molecule has 0 saturated heterocycles. The lowest BCUT2D eigenvalue weighted by molar-refractivity contribution is -0.107. The highest BCUT2D eigenvalue weighted by atomic mass is 35.5. The van der Waals surface area contributed by atoms with Crippen molar-refractivity contribution in [3.8, 4) is 0 Å². The van der Waals surface area contributed by atoms with Crippen molar-refractivity contribution in [2.24, 2.45) is 0 Å². The van der Waals surface area contributed by atoms with Gasteiger partial charge in [0.05, 0.1) is 0 Å². The van der Waals surface area contributed by atoms with Crippen LogP contribution in [0.4, 0.5) is 0 Å². The predicted octanol–water partition coefficient (Wildman–Crippen LogP) is 4.90. The second kappa shape index (κ2) is 6.19. The van der Waals surface area contributed by atoms with Crippen LogP contribution in [0.25, 0.3) is 5.57 Å². The molecule has 96 valence electrons. The van der Waals surface area contributed by atoms with Gasteiger partial charge in [0.25, 0.3) is 0 Å². The minimum absolute atomic E-state index is 0.413. The van der Waals surface area contributed by atoms with Crippen LogP contribution in [0.15, 0.2) is 30.3 Å². The van der Waals surface area contributed by atoms with Gasteiger partial charge in [-0.15, -0.1) is 0 Å². The maximum atomic E-state index is 10.8. The van der Waals surface area contributed by atoms with E-state index in [0.717, 1.165) is 17.1 Å². The Morgan fingerprint density at radius 2 is 1.78 bits per heavy atom. The summed E-state index contributed by atoms with van der Waals surface area (Å²) >= 11 is 5.36. The number of hydrogen-bond acceptors (Lipinski definition) is 1. The quantitative estimate of drug-likeness (QED) is 0.559. The summed E-state index contributed by atoms with van der Waals surface area (Å²) in [6, 6.07) is 8.58. The fourth-order valence-electron chi connectivity index (χ4n) is 2.71. The van der Waals surface area contributed by atoms with Gasteiger partial charge >= 0.3 is 0 Å². The van der Waals surface area contributed by atoms with E-state index in [0.29, 0.717) is 0 Å². The lowest BCUT2D eigenvalue weighted by Gasteiger charge is -2.22. The normalized spacial score (nSPS) is 17.8. The predicted molar refractivity (Wildman–Crippen MR) is 76.8 cm³/mol.